The van der Waals surface area contributed by atoms with E-state index in [9.17, 15) is 22.4 Å². The Morgan fingerprint density at radius 3 is 2.58 bits per heavy atom. The van der Waals surface area contributed by atoms with Crippen LogP contribution in [0.5, 0.6) is 0 Å². The maximum absolute atomic E-state index is 13.8. The van der Waals surface area contributed by atoms with Crippen molar-refractivity contribution in [1.82, 2.24) is 10.0 Å². The molecule has 1 aliphatic rings. The zero-order valence-corrected chi connectivity index (χ0v) is 15.4. The molecule has 2 N–H and O–H groups in total. The fraction of sp³-hybridized carbons (Fsp3) is 0.529. The molecule has 0 bridgehead atoms. The average molecular weight is 386 g/mol. The summed E-state index contributed by atoms with van der Waals surface area (Å²) in [6.45, 7) is -0.0192. The van der Waals surface area contributed by atoms with Gasteiger partial charge in [0.25, 0.3) is 5.91 Å². The third kappa shape index (κ3) is 5.50. The Labute approximate surface area is 152 Å². The van der Waals surface area contributed by atoms with Crippen molar-refractivity contribution in [1.29, 1.82) is 0 Å². The molecule has 9 heteroatoms. The van der Waals surface area contributed by atoms with Crippen molar-refractivity contribution in [3.63, 3.8) is 0 Å². The summed E-state index contributed by atoms with van der Waals surface area (Å²) in [5.74, 6) is -2.05. The van der Waals surface area contributed by atoms with Gasteiger partial charge in [-0.3, -0.25) is 4.79 Å². The van der Waals surface area contributed by atoms with Gasteiger partial charge in [-0.1, -0.05) is 19.3 Å². The molecule has 0 atom stereocenters. The summed E-state index contributed by atoms with van der Waals surface area (Å²) in [6, 6.07) is 2.78. The molecule has 1 aromatic carbocycles. The van der Waals surface area contributed by atoms with Crippen LogP contribution in [0.2, 0.25) is 0 Å². The number of nitrogens with one attached hydrogen (secondary N) is 2. The van der Waals surface area contributed by atoms with E-state index in [0.29, 0.717) is 12.5 Å². The second-order valence-corrected chi connectivity index (χ2v) is 8.12. The number of amides is 1. The van der Waals surface area contributed by atoms with E-state index in [4.69, 9.17) is 4.74 Å². The fourth-order valence-electron chi connectivity index (χ4n) is 2.86. The molecule has 1 amide bonds. The quantitative estimate of drug-likeness (QED) is 0.693. The van der Waals surface area contributed by atoms with Crippen LogP contribution in [0.3, 0.4) is 0 Å². The van der Waals surface area contributed by atoms with E-state index in [-0.39, 0.29) is 4.90 Å². The van der Waals surface area contributed by atoms with Crippen LogP contribution in [-0.4, -0.2) is 40.5 Å². The van der Waals surface area contributed by atoms with E-state index in [2.05, 4.69) is 10.0 Å². The number of halogens is 1. The zero-order chi connectivity index (χ0) is 19.2. The molecule has 2 rings (SSSR count). The van der Waals surface area contributed by atoms with Gasteiger partial charge in [0.15, 0.2) is 6.61 Å². The molecule has 0 radical (unpaired) electrons. The second-order valence-electron chi connectivity index (χ2n) is 6.23. The molecule has 1 saturated carbocycles. The SMILES string of the molecule is CNS(=O)(=O)c1ccc(F)c(C(=O)OCC(=O)NCC2CCCCC2)c1. The van der Waals surface area contributed by atoms with Crippen LogP contribution in [0.25, 0.3) is 0 Å². The van der Waals surface area contributed by atoms with Gasteiger partial charge in [0.05, 0.1) is 10.5 Å². The van der Waals surface area contributed by atoms with E-state index in [1.165, 1.54) is 13.5 Å². The van der Waals surface area contributed by atoms with Gasteiger partial charge in [-0.2, -0.15) is 0 Å². The maximum atomic E-state index is 13.8. The number of benzene rings is 1. The number of esters is 1. The minimum atomic E-state index is -3.83. The lowest BCUT2D eigenvalue weighted by molar-refractivity contribution is -0.124. The van der Waals surface area contributed by atoms with Gasteiger partial charge < -0.3 is 10.1 Å². The number of carbonyl (C=O) groups is 2. The van der Waals surface area contributed by atoms with E-state index >= 15 is 0 Å². The lowest BCUT2D eigenvalue weighted by Crippen LogP contribution is -2.33. The molecule has 1 aliphatic carbocycles. The molecule has 0 spiro atoms. The summed E-state index contributed by atoms with van der Waals surface area (Å²) in [7, 11) is -2.63. The molecule has 0 aromatic heterocycles. The van der Waals surface area contributed by atoms with Crippen molar-refractivity contribution in [2.45, 2.75) is 37.0 Å². The smallest absolute Gasteiger partial charge is 0.341 e. The minimum Gasteiger partial charge on any atom is -0.452 e. The third-order valence-corrected chi connectivity index (χ3v) is 5.80. The van der Waals surface area contributed by atoms with Crippen LogP contribution in [0.4, 0.5) is 4.39 Å². The molecule has 26 heavy (non-hydrogen) atoms. The zero-order valence-electron chi connectivity index (χ0n) is 14.6. The first kappa shape index (κ1) is 20.3. The minimum absolute atomic E-state index is 0.268. The van der Waals surface area contributed by atoms with Gasteiger partial charge >= 0.3 is 5.97 Å². The summed E-state index contributed by atoms with van der Waals surface area (Å²) in [5.41, 5.74) is -0.540. The van der Waals surface area contributed by atoms with E-state index in [1.54, 1.807) is 0 Å². The van der Waals surface area contributed by atoms with Crippen LogP contribution in [0.15, 0.2) is 23.1 Å². The molecule has 0 saturated heterocycles. The van der Waals surface area contributed by atoms with Gasteiger partial charge in [-0.15, -0.1) is 0 Å². The molecule has 0 heterocycles. The number of sulfonamides is 1. The van der Waals surface area contributed by atoms with Gasteiger partial charge in [0.1, 0.15) is 5.82 Å². The van der Waals surface area contributed by atoms with Crippen LogP contribution >= 0.6 is 0 Å². The Morgan fingerprint density at radius 2 is 1.92 bits per heavy atom. The average Bonchev–Trinajstić information content (AvgIpc) is 2.65. The summed E-state index contributed by atoms with van der Waals surface area (Å²) >= 11 is 0. The van der Waals surface area contributed by atoms with E-state index < -0.39 is 39.9 Å². The summed E-state index contributed by atoms with van der Waals surface area (Å²) in [6.07, 6.45) is 5.66. The highest BCUT2D eigenvalue weighted by molar-refractivity contribution is 7.89. The van der Waals surface area contributed by atoms with E-state index in [1.807, 2.05) is 0 Å². The Kier molecular flexibility index (Phi) is 7.10. The number of rotatable bonds is 7. The molecule has 0 aliphatic heterocycles. The lowest BCUT2D eigenvalue weighted by atomic mass is 9.89. The van der Waals surface area contributed by atoms with Crippen LogP contribution < -0.4 is 10.0 Å². The van der Waals surface area contributed by atoms with Gasteiger partial charge in [0, 0.05) is 6.54 Å². The van der Waals surface area contributed by atoms with Crippen LogP contribution in [0, 0.1) is 11.7 Å². The predicted molar refractivity (Wildman–Crippen MR) is 92.5 cm³/mol. The number of ether oxygens (including phenoxy) is 1. The normalized spacial score (nSPS) is 15.5. The van der Waals surface area contributed by atoms with Gasteiger partial charge in [-0.05, 0) is 44.0 Å². The van der Waals surface area contributed by atoms with Crippen molar-refractivity contribution < 1.29 is 27.1 Å². The highest BCUT2D eigenvalue weighted by Gasteiger charge is 2.20. The second kappa shape index (κ2) is 9.09. The highest BCUT2D eigenvalue weighted by Crippen LogP contribution is 2.22. The molecule has 1 fully saturated rings. The first-order valence-corrected chi connectivity index (χ1v) is 9.98. The van der Waals surface area contributed by atoms with Crippen LogP contribution in [-0.2, 0) is 19.6 Å². The van der Waals surface area contributed by atoms with Crippen molar-refractivity contribution in [3.05, 3.63) is 29.6 Å². The summed E-state index contributed by atoms with van der Waals surface area (Å²) < 4.78 is 44.2. The molecule has 0 unspecified atom stereocenters. The standard InChI is InChI=1S/C17H23FN2O5S/c1-19-26(23,24)13-7-8-15(18)14(9-13)17(22)25-11-16(21)20-10-12-5-3-2-4-6-12/h7-9,12,19H,2-6,10-11H2,1H3,(H,20,21). The third-order valence-electron chi connectivity index (χ3n) is 4.38. The van der Waals surface area contributed by atoms with Crippen molar-refractivity contribution in [2.24, 2.45) is 5.92 Å². The Bertz CT molecular complexity index is 760. The largest absolute Gasteiger partial charge is 0.452 e. The van der Waals surface area contributed by atoms with Crippen molar-refractivity contribution in [2.75, 3.05) is 20.2 Å². The Hall–Kier alpha value is -2.00. The van der Waals surface area contributed by atoms with E-state index in [0.717, 1.165) is 43.9 Å². The number of carbonyl (C=O) groups excluding carboxylic acids is 2. The molecule has 144 valence electrons. The number of hydrogen-bond acceptors (Lipinski definition) is 5. The summed E-state index contributed by atoms with van der Waals surface area (Å²) in [5, 5.41) is 2.70. The van der Waals surface area contributed by atoms with Crippen molar-refractivity contribution in [3.8, 4) is 0 Å². The van der Waals surface area contributed by atoms with Gasteiger partial charge in [-0.25, -0.2) is 22.3 Å². The first-order valence-electron chi connectivity index (χ1n) is 8.50. The Balaban J connectivity index is 1.90. The number of hydrogen-bond donors (Lipinski definition) is 2. The summed E-state index contributed by atoms with van der Waals surface area (Å²) in [4.78, 5) is 23.5. The molecular weight excluding hydrogens is 363 g/mol. The fourth-order valence-corrected chi connectivity index (χ4v) is 3.61. The van der Waals surface area contributed by atoms with Gasteiger partial charge in [0.2, 0.25) is 10.0 Å². The van der Waals surface area contributed by atoms with Crippen LogP contribution in [0.1, 0.15) is 42.5 Å². The monoisotopic (exact) mass is 386 g/mol. The lowest BCUT2D eigenvalue weighted by Gasteiger charge is -2.21. The Morgan fingerprint density at radius 1 is 1.23 bits per heavy atom. The maximum Gasteiger partial charge on any atom is 0.341 e. The predicted octanol–water partition coefficient (Wildman–Crippen LogP) is 1.59. The topological polar surface area (TPSA) is 102 Å². The molecule has 7 nitrogen and oxygen atoms in total. The molecular formula is C17H23FN2O5S. The first-order chi connectivity index (χ1) is 12.3. The van der Waals surface area contributed by atoms with Crippen molar-refractivity contribution >= 4 is 21.9 Å². The highest BCUT2D eigenvalue weighted by atomic mass is 32.2. The molecule has 1 aromatic rings.